The lowest BCUT2D eigenvalue weighted by atomic mass is 10.0. The van der Waals surface area contributed by atoms with E-state index in [0.717, 1.165) is 44.3 Å². The van der Waals surface area contributed by atoms with Crippen molar-refractivity contribution < 1.29 is 14.7 Å². The van der Waals surface area contributed by atoms with Crippen LogP contribution in [0.4, 0.5) is 5.69 Å². The Morgan fingerprint density at radius 3 is 2.32 bits per heavy atom. The fourth-order valence-electron chi connectivity index (χ4n) is 4.94. The molecule has 3 fully saturated rings. The molecule has 3 aliphatic rings. The Bertz CT molecular complexity index is 658. The second kappa shape index (κ2) is 6.45. The molecule has 4 rings (SSSR count). The maximum atomic E-state index is 12.8. The molecule has 1 N–H and O–H groups in total. The van der Waals surface area contributed by atoms with Gasteiger partial charge in [0.15, 0.2) is 0 Å². The Morgan fingerprint density at radius 1 is 1.12 bits per heavy atom. The molecule has 25 heavy (non-hydrogen) atoms. The van der Waals surface area contributed by atoms with E-state index >= 15 is 0 Å². The van der Waals surface area contributed by atoms with Gasteiger partial charge in [0.2, 0.25) is 5.91 Å². The Kier molecular flexibility index (Phi) is 4.28. The maximum Gasteiger partial charge on any atom is 0.253 e. The number of hydrogen-bond acceptors (Lipinski definition) is 3. The minimum absolute atomic E-state index is 0.0461. The van der Waals surface area contributed by atoms with Crippen molar-refractivity contribution in [2.45, 2.75) is 50.7 Å². The quantitative estimate of drug-likeness (QED) is 0.918. The third-order valence-corrected chi connectivity index (χ3v) is 6.33. The molecule has 2 amide bonds. The summed E-state index contributed by atoms with van der Waals surface area (Å²) in [5.74, 6) is 1.35. The number of rotatable bonds is 3. The first-order valence-electron chi connectivity index (χ1n) is 9.38. The summed E-state index contributed by atoms with van der Waals surface area (Å²) in [7, 11) is 1.89. The average molecular weight is 342 g/mol. The number of aliphatic hydroxyl groups is 1. The molecule has 134 valence electrons. The number of fused-ring (bicyclic) bond motifs is 1. The largest absolute Gasteiger partial charge is 0.393 e. The SMILES string of the molecule is CN(C(=O)c1ccc(N2CCCC2=O)cc1)C1C[C@H]2CC(O)C[C@H]2C1. The predicted molar refractivity (Wildman–Crippen MR) is 95.4 cm³/mol. The number of amides is 2. The summed E-state index contributed by atoms with van der Waals surface area (Å²) in [5.41, 5.74) is 1.56. The maximum absolute atomic E-state index is 12.8. The van der Waals surface area contributed by atoms with Gasteiger partial charge >= 0.3 is 0 Å². The van der Waals surface area contributed by atoms with Gasteiger partial charge in [-0.05, 0) is 68.2 Å². The first-order valence-corrected chi connectivity index (χ1v) is 9.38. The topological polar surface area (TPSA) is 60.9 Å². The van der Waals surface area contributed by atoms with Gasteiger partial charge in [-0.15, -0.1) is 0 Å². The molecule has 2 aliphatic carbocycles. The highest BCUT2D eigenvalue weighted by Crippen LogP contribution is 2.45. The van der Waals surface area contributed by atoms with Crippen molar-refractivity contribution in [1.29, 1.82) is 0 Å². The van der Waals surface area contributed by atoms with Gasteiger partial charge in [-0.2, -0.15) is 0 Å². The van der Waals surface area contributed by atoms with Crippen molar-refractivity contribution in [3.63, 3.8) is 0 Å². The highest BCUT2D eigenvalue weighted by molar-refractivity contribution is 5.97. The van der Waals surface area contributed by atoms with Crippen LogP contribution in [-0.2, 0) is 4.79 Å². The van der Waals surface area contributed by atoms with Gasteiger partial charge in [0.25, 0.3) is 5.91 Å². The van der Waals surface area contributed by atoms with E-state index < -0.39 is 0 Å². The summed E-state index contributed by atoms with van der Waals surface area (Å²) in [4.78, 5) is 28.3. The average Bonchev–Trinajstić information content (AvgIpc) is 3.28. The smallest absolute Gasteiger partial charge is 0.253 e. The number of hydrogen-bond donors (Lipinski definition) is 1. The Labute approximate surface area is 148 Å². The summed E-state index contributed by atoms with van der Waals surface area (Å²) < 4.78 is 0. The van der Waals surface area contributed by atoms with E-state index in [1.807, 2.05) is 36.2 Å². The Balaban J connectivity index is 1.41. The number of aliphatic hydroxyl groups excluding tert-OH is 1. The zero-order chi connectivity index (χ0) is 17.6. The van der Waals surface area contributed by atoms with Gasteiger partial charge in [-0.1, -0.05) is 0 Å². The fraction of sp³-hybridized carbons (Fsp3) is 0.600. The fourth-order valence-corrected chi connectivity index (χ4v) is 4.94. The van der Waals surface area contributed by atoms with Crippen molar-refractivity contribution in [2.24, 2.45) is 11.8 Å². The van der Waals surface area contributed by atoms with Crippen LogP contribution in [0.1, 0.15) is 48.9 Å². The summed E-state index contributed by atoms with van der Waals surface area (Å²) in [6.07, 6.45) is 5.17. The molecule has 1 heterocycles. The van der Waals surface area contributed by atoms with Crippen LogP contribution < -0.4 is 4.90 Å². The van der Waals surface area contributed by atoms with Crippen molar-refractivity contribution in [1.82, 2.24) is 4.90 Å². The molecule has 4 atom stereocenters. The molecule has 2 unspecified atom stereocenters. The van der Waals surface area contributed by atoms with Crippen LogP contribution >= 0.6 is 0 Å². The zero-order valence-corrected chi connectivity index (χ0v) is 14.7. The molecule has 5 heteroatoms. The van der Waals surface area contributed by atoms with Crippen LogP contribution in [0.15, 0.2) is 24.3 Å². The molecule has 1 aromatic rings. The number of carbonyl (C=O) groups excluding carboxylic acids is 2. The molecule has 5 nitrogen and oxygen atoms in total. The van der Waals surface area contributed by atoms with Crippen LogP contribution in [0.2, 0.25) is 0 Å². The van der Waals surface area contributed by atoms with Crippen LogP contribution in [0.25, 0.3) is 0 Å². The van der Waals surface area contributed by atoms with E-state index in [1.165, 1.54) is 0 Å². The summed E-state index contributed by atoms with van der Waals surface area (Å²) in [5, 5.41) is 9.77. The second-order valence-electron chi connectivity index (χ2n) is 7.88. The Morgan fingerprint density at radius 2 is 1.76 bits per heavy atom. The minimum Gasteiger partial charge on any atom is -0.393 e. The molecule has 1 aromatic carbocycles. The van der Waals surface area contributed by atoms with Crippen molar-refractivity contribution in [3.05, 3.63) is 29.8 Å². The van der Waals surface area contributed by atoms with E-state index in [9.17, 15) is 14.7 Å². The highest BCUT2D eigenvalue weighted by atomic mass is 16.3. The lowest BCUT2D eigenvalue weighted by Crippen LogP contribution is -2.36. The molecule has 0 spiro atoms. The predicted octanol–water partition coefficient (Wildman–Crippen LogP) is 2.43. The normalized spacial score (nSPS) is 31.4. The van der Waals surface area contributed by atoms with Gasteiger partial charge < -0.3 is 14.9 Å². The first-order chi connectivity index (χ1) is 12.0. The van der Waals surface area contributed by atoms with Crippen LogP contribution in [0, 0.1) is 11.8 Å². The Hall–Kier alpha value is -1.88. The number of benzene rings is 1. The van der Waals surface area contributed by atoms with Gasteiger partial charge in [0, 0.05) is 37.3 Å². The summed E-state index contributed by atoms with van der Waals surface area (Å²) in [6, 6.07) is 7.70. The summed E-state index contributed by atoms with van der Waals surface area (Å²) in [6.45, 7) is 0.767. The van der Waals surface area contributed by atoms with Gasteiger partial charge in [0.1, 0.15) is 0 Å². The molecule has 1 aliphatic heterocycles. The zero-order valence-electron chi connectivity index (χ0n) is 14.7. The van der Waals surface area contributed by atoms with E-state index in [0.29, 0.717) is 23.8 Å². The van der Waals surface area contributed by atoms with E-state index in [4.69, 9.17) is 0 Å². The van der Waals surface area contributed by atoms with E-state index in [-0.39, 0.29) is 24.0 Å². The molecule has 1 saturated heterocycles. The lowest BCUT2D eigenvalue weighted by molar-refractivity contribution is -0.117. The van der Waals surface area contributed by atoms with Crippen molar-refractivity contribution in [3.8, 4) is 0 Å². The minimum atomic E-state index is -0.141. The third kappa shape index (κ3) is 3.06. The van der Waals surface area contributed by atoms with Gasteiger partial charge in [0.05, 0.1) is 6.10 Å². The lowest BCUT2D eigenvalue weighted by Gasteiger charge is -2.26. The number of nitrogens with zero attached hydrogens (tertiary/aromatic N) is 2. The van der Waals surface area contributed by atoms with Crippen molar-refractivity contribution >= 4 is 17.5 Å². The van der Waals surface area contributed by atoms with Gasteiger partial charge in [-0.3, -0.25) is 9.59 Å². The molecule has 2 saturated carbocycles. The van der Waals surface area contributed by atoms with E-state index in [2.05, 4.69) is 0 Å². The standard InChI is InChI=1S/C20H26N2O3/c1-21(17-9-14-11-18(23)12-15(14)10-17)20(25)13-4-6-16(7-5-13)22-8-2-3-19(22)24/h4-7,14-15,17-18,23H,2-3,8-12H2,1H3/t14-,15+,17?,18?. The van der Waals surface area contributed by atoms with E-state index in [1.54, 1.807) is 4.90 Å². The van der Waals surface area contributed by atoms with Crippen LogP contribution in [0.5, 0.6) is 0 Å². The van der Waals surface area contributed by atoms with Crippen LogP contribution in [0.3, 0.4) is 0 Å². The van der Waals surface area contributed by atoms with Gasteiger partial charge in [-0.25, -0.2) is 0 Å². The monoisotopic (exact) mass is 342 g/mol. The summed E-state index contributed by atoms with van der Waals surface area (Å²) >= 11 is 0. The molecular formula is C20H26N2O3. The molecule has 0 radical (unpaired) electrons. The highest BCUT2D eigenvalue weighted by Gasteiger charge is 2.43. The second-order valence-corrected chi connectivity index (χ2v) is 7.88. The van der Waals surface area contributed by atoms with Crippen LogP contribution in [-0.4, -0.2) is 47.6 Å². The third-order valence-electron chi connectivity index (χ3n) is 6.33. The number of carbonyl (C=O) groups is 2. The molecule has 0 bridgehead atoms. The molecule has 0 aromatic heterocycles. The first kappa shape index (κ1) is 16.6. The molecular weight excluding hydrogens is 316 g/mol. The van der Waals surface area contributed by atoms with Crippen molar-refractivity contribution in [2.75, 3.05) is 18.5 Å². The number of anilines is 1.